The van der Waals surface area contributed by atoms with Gasteiger partial charge in [-0.2, -0.15) is 0 Å². The van der Waals surface area contributed by atoms with Crippen molar-refractivity contribution in [2.75, 3.05) is 6.61 Å². The minimum absolute atomic E-state index is 0.102. The van der Waals surface area contributed by atoms with Gasteiger partial charge < -0.3 is 14.6 Å². The molecule has 0 fully saturated rings. The standard InChI is InChI=1S/C15H22N2O5/c1-15(2,3)22-13(19)12(9-18)16-17-14(20)21-10-11-7-5-4-6-8-11/h4-8,12,16,18H,9-10H2,1-3H3,(H,17,20)/t12-/m0/s1. The number of nitrogens with one attached hydrogen (secondary N) is 2. The lowest BCUT2D eigenvalue weighted by Gasteiger charge is -2.23. The van der Waals surface area contributed by atoms with Gasteiger partial charge in [0.25, 0.3) is 0 Å². The predicted octanol–water partition coefficient (Wildman–Crippen LogP) is 1.12. The molecule has 1 aromatic rings. The summed E-state index contributed by atoms with van der Waals surface area (Å²) in [6.07, 6.45) is -0.758. The number of hydrogen-bond donors (Lipinski definition) is 3. The number of esters is 1. The first-order valence-electron chi connectivity index (χ1n) is 6.88. The third-order valence-corrected chi connectivity index (χ3v) is 2.44. The van der Waals surface area contributed by atoms with E-state index in [1.54, 1.807) is 20.8 Å². The molecule has 0 unspecified atom stereocenters. The lowest BCUT2D eigenvalue weighted by Crippen LogP contribution is -2.51. The minimum Gasteiger partial charge on any atom is -0.459 e. The molecule has 0 saturated carbocycles. The molecule has 0 aliphatic carbocycles. The highest BCUT2D eigenvalue weighted by Gasteiger charge is 2.25. The second-order valence-corrected chi connectivity index (χ2v) is 5.60. The maximum absolute atomic E-state index is 11.7. The summed E-state index contributed by atoms with van der Waals surface area (Å²) in [5, 5.41) is 9.16. The van der Waals surface area contributed by atoms with E-state index in [2.05, 4.69) is 10.9 Å². The third kappa shape index (κ3) is 7.05. The molecule has 122 valence electrons. The average Bonchev–Trinajstić information content (AvgIpc) is 2.45. The molecule has 0 saturated heterocycles. The zero-order valence-corrected chi connectivity index (χ0v) is 13.0. The minimum atomic E-state index is -1.07. The average molecular weight is 310 g/mol. The number of aliphatic hydroxyl groups excluding tert-OH is 1. The summed E-state index contributed by atoms with van der Waals surface area (Å²) in [5.41, 5.74) is 4.73. The van der Waals surface area contributed by atoms with Crippen LogP contribution >= 0.6 is 0 Å². The van der Waals surface area contributed by atoms with E-state index in [0.717, 1.165) is 5.56 Å². The summed E-state index contributed by atoms with van der Waals surface area (Å²) in [5.74, 6) is -0.668. The van der Waals surface area contributed by atoms with Gasteiger partial charge in [-0.05, 0) is 26.3 Å². The summed E-state index contributed by atoms with van der Waals surface area (Å²) in [6, 6.07) is 8.09. The van der Waals surface area contributed by atoms with E-state index in [1.807, 2.05) is 30.3 Å². The van der Waals surface area contributed by atoms with Crippen molar-refractivity contribution in [3.8, 4) is 0 Å². The number of hydrazine groups is 1. The zero-order chi connectivity index (χ0) is 16.6. The van der Waals surface area contributed by atoms with Crippen LogP contribution in [0.1, 0.15) is 26.3 Å². The largest absolute Gasteiger partial charge is 0.459 e. The van der Waals surface area contributed by atoms with E-state index in [0.29, 0.717) is 0 Å². The predicted molar refractivity (Wildman–Crippen MR) is 79.6 cm³/mol. The fraction of sp³-hybridized carbons (Fsp3) is 0.467. The number of ether oxygens (including phenoxy) is 2. The van der Waals surface area contributed by atoms with E-state index in [-0.39, 0.29) is 6.61 Å². The molecular formula is C15H22N2O5. The second-order valence-electron chi connectivity index (χ2n) is 5.60. The van der Waals surface area contributed by atoms with Crippen LogP contribution < -0.4 is 10.9 Å². The van der Waals surface area contributed by atoms with Crippen molar-refractivity contribution in [2.24, 2.45) is 0 Å². The molecule has 1 aromatic carbocycles. The van der Waals surface area contributed by atoms with Crippen LogP contribution in [0.5, 0.6) is 0 Å². The summed E-state index contributed by atoms with van der Waals surface area (Å²) in [4.78, 5) is 23.3. The van der Waals surface area contributed by atoms with Gasteiger partial charge >= 0.3 is 12.1 Å². The monoisotopic (exact) mass is 310 g/mol. The maximum Gasteiger partial charge on any atom is 0.421 e. The molecule has 22 heavy (non-hydrogen) atoms. The summed E-state index contributed by atoms with van der Waals surface area (Å²) < 4.78 is 10.1. The third-order valence-electron chi connectivity index (χ3n) is 2.44. The molecule has 1 atom stereocenters. The van der Waals surface area contributed by atoms with Crippen LogP contribution in [0.2, 0.25) is 0 Å². The Labute approximate surface area is 129 Å². The first-order chi connectivity index (χ1) is 10.3. The van der Waals surface area contributed by atoms with Crippen molar-refractivity contribution in [1.82, 2.24) is 10.9 Å². The Morgan fingerprint density at radius 2 is 1.86 bits per heavy atom. The number of carbonyl (C=O) groups excluding carboxylic acids is 2. The SMILES string of the molecule is CC(C)(C)OC(=O)[C@H](CO)NNC(=O)OCc1ccccc1. The van der Waals surface area contributed by atoms with Crippen molar-refractivity contribution < 1.29 is 24.2 Å². The van der Waals surface area contributed by atoms with Gasteiger partial charge in [-0.15, -0.1) is 0 Å². The summed E-state index contributed by atoms with van der Waals surface area (Å²) in [7, 11) is 0. The van der Waals surface area contributed by atoms with E-state index < -0.39 is 30.3 Å². The normalized spacial score (nSPS) is 12.4. The zero-order valence-electron chi connectivity index (χ0n) is 13.0. The number of rotatable bonds is 6. The van der Waals surface area contributed by atoms with Crippen LogP contribution in [0.4, 0.5) is 4.79 Å². The molecule has 7 nitrogen and oxygen atoms in total. The summed E-state index contributed by atoms with van der Waals surface area (Å²) >= 11 is 0. The van der Waals surface area contributed by atoms with Crippen molar-refractivity contribution >= 4 is 12.1 Å². The van der Waals surface area contributed by atoms with E-state index in [1.165, 1.54) is 0 Å². The number of aliphatic hydroxyl groups is 1. The molecule has 1 amide bonds. The van der Waals surface area contributed by atoms with Crippen LogP contribution in [0.25, 0.3) is 0 Å². The maximum atomic E-state index is 11.7. The lowest BCUT2D eigenvalue weighted by molar-refractivity contribution is -0.158. The Kier molecular flexibility index (Phi) is 6.81. The number of hydrogen-bond acceptors (Lipinski definition) is 6. The molecule has 0 radical (unpaired) electrons. The molecule has 7 heteroatoms. The summed E-state index contributed by atoms with van der Waals surface area (Å²) in [6.45, 7) is 4.71. The van der Waals surface area contributed by atoms with Crippen LogP contribution in [-0.4, -0.2) is 35.4 Å². The molecule has 0 spiro atoms. The molecule has 0 aliphatic heterocycles. The Morgan fingerprint density at radius 3 is 2.41 bits per heavy atom. The van der Waals surface area contributed by atoms with Crippen LogP contribution in [0.3, 0.4) is 0 Å². The fourth-order valence-corrected chi connectivity index (χ4v) is 1.46. The smallest absolute Gasteiger partial charge is 0.421 e. The van der Waals surface area contributed by atoms with Crippen LogP contribution in [-0.2, 0) is 20.9 Å². The number of carbonyl (C=O) groups is 2. The van der Waals surface area contributed by atoms with Crippen molar-refractivity contribution in [2.45, 2.75) is 39.0 Å². The van der Waals surface area contributed by atoms with Gasteiger partial charge in [-0.1, -0.05) is 30.3 Å². The lowest BCUT2D eigenvalue weighted by atomic mass is 10.2. The molecule has 0 bridgehead atoms. The van der Waals surface area contributed by atoms with Gasteiger partial charge in [-0.25, -0.2) is 10.2 Å². The van der Waals surface area contributed by atoms with Gasteiger partial charge in [0.15, 0.2) is 0 Å². The van der Waals surface area contributed by atoms with Gasteiger partial charge in [0.05, 0.1) is 6.61 Å². The van der Waals surface area contributed by atoms with Crippen molar-refractivity contribution in [1.29, 1.82) is 0 Å². The molecule has 0 aromatic heterocycles. The molecule has 0 aliphatic rings. The van der Waals surface area contributed by atoms with Crippen molar-refractivity contribution in [3.05, 3.63) is 35.9 Å². The second kappa shape index (κ2) is 8.35. The molecule has 1 rings (SSSR count). The number of amides is 1. The van der Waals surface area contributed by atoms with Gasteiger partial charge in [0, 0.05) is 0 Å². The molecular weight excluding hydrogens is 288 g/mol. The van der Waals surface area contributed by atoms with Gasteiger partial charge in [0.2, 0.25) is 0 Å². The first-order valence-corrected chi connectivity index (χ1v) is 6.88. The Bertz CT molecular complexity index is 484. The highest BCUT2D eigenvalue weighted by molar-refractivity contribution is 5.77. The van der Waals surface area contributed by atoms with Crippen LogP contribution in [0, 0.1) is 0 Å². The quantitative estimate of drug-likeness (QED) is 0.538. The Morgan fingerprint density at radius 1 is 1.23 bits per heavy atom. The molecule has 0 heterocycles. The first kappa shape index (κ1) is 17.9. The van der Waals surface area contributed by atoms with Gasteiger partial charge in [0.1, 0.15) is 18.2 Å². The van der Waals surface area contributed by atoms with E-state index in [4.69, 9.17) is 14.6 Å². The van der Waals surface area contributed by atoms with Gasteiger partial charge in [-0.3, -0.25) is 10.2 Å². The Balaban J connectivity index is 2.36. The van der Waals surface area contributed by atoms with E-state index >= 15 is 0 Å². The molecule has 3 N–H and O–H groups in total. The fourth-order valence-electron chi connectivity index (χ4n) is 1.46. The number of benzene rings is 1. The van der Waals surface area contributed by atoms with E-state index in [9.17, 15) is 9.59 Å². The van der Waals surface area contributed by atoms with Crippen molar-refractivity contribution in [3.63, 3.8) is 0 Å². The highest BCUT2D eigenvalue weighted by Crippen LogP contribution is 2.08. The topological polar surface area (TPSA) is 96.9 Å². The highest BCUT2D eigenvalue weighted by atomic mass is 16.6. The van der Waals surface area contributed by atoms with Crippen LogP contribution in [0.15, 0.2) is 30.3 Å². The Hall–Kier alpha value is -2.12.